The van der Waals surface area contributed by atoms with E-state index in [2.05, 4.69) is 18.8 Å². The molecule has 0 fully saturated rings. The Kier molecular flexibility index (Phi) is 2.52. The number of amides is 1. The third-order valence-electron chi connectivity index (χ3n) is 3.75. The van der Waals surface area contributed by atoms with Gasteiger partial charge < -0.3 is 15.9 Å². The Balaban J connectivity index is 2.39. The Hall–Kier alpha value is -2.04. The Morgan fingerprint density at radius 2 is 2.00 bits per heavy atom. The minimum Gasteiger partial charge on any atom is -0.430 e. The summed E-state index contributed by atoms with van der Waals surface area (Å²) in [6.45, 7) is 4.21. The molecule has 5 nitrogen and oxygen atoms in total. The molecule has 0 radical (unpaired) electrons. The van der Waals surface area contributed by atoms with E-state index >= 15 is 0 Å². The molecule has 0 spiro atoms. The van der Waals surface area contributed by atoms with Crippen LogP contribution in [-0.4, -0.2) is 10.9 Å². The molecule has 0 atom stereocenters. The van der Waals surface area contributed by atoms with Gasteiger partial charge in [-0.15, -0.1) is 0 Å². The van der Waals surface area contributed by atoms with Crippen molar-refractivity contribution in [3.8, 4) is 0 Å². The topological polar surface area (TPSA) is 95.1 Å². The van der Waals surface area contributed by atoms with Crippen molar-refractivity contribution in [2.24, 2.45) is 5.73 Å². The number of furan rings is 1. The van der Waals surface area contributed by atoms with Crippen molar-refractivity contribution in [1.29, 1.82) is 0 Å². The van der Waals surface area contributed by atoms with Crippen molar-refractivity contribution in [1.82, 2.24) is 4.98 Å². The van der Waals surface area contributed by atoms with E-state index in [9.17, 15) is 4.79 Å². The van der Waals surface area contributed by atoms with Gasteiger partial charge in [-0.25, -0.2) is 4.98 Å². The van der Waals surface area contributed by atoms with Crippen LogP contribution in [0.4, 0.5) is 5.69 Å². The molecule has 0 aromatic carbocycles. The molecular formula is C14H17N3O2. The molecule has 4 N–H and O–H groups in total. The molecule has 1 amide bonds. The molecule has 19 heavy (non-hydrogen) atoms. The average molecular weight is 259 g/mol. The second-order valence-corrected chi connectivity index (χ2v) is 5.35. The first kappa shape index (κ1) is 12.0. The summed E-state index contributed by atoms with van der Waals surface area (Å²) >= 11 is 0. The summed E-state index contributed by atoms with van der Waals surface area (Å²) < 4.78 is 5.47. The number of aryl methyl sites for hydroxylation is 1. The quantitative estimate of drug-likeness (QED) is 0.863. The number of hydrogen-bond acceptors (Lipinski definition) is 4. The van der Waals surface area contributed by atoms with Gasteiger partial charge in [-0.05, 0) is 36.3 Å². The van der Waals surface area contributed by atoms with Crippen LogP contribution in [0.25, 0.3) is 11.1 Å². The molecule has 0 bridgehead atoms. The number of nitrogen functional groups attached to an aromatic ring is 1. The first-order chi connectivity index (χ1) is 9.00. The van der Waals surface area contributed by atoms with Gasteiger partial charge in [0.05, 0.1) is 16.8 Å². The van der Waals surface area contributed by atoms with Crippen LogP contribution in [0.15, 0.2) is 4.42 Å². The van der Waals surface area contributed by atoms with E-state index < -0.39 is 5.91 Å². The van der Waals surface area contributed by atoms with Gasteiger partial charge in [-0.3, -0.25) is 4.79 Å². The van der Waals surface area contributed by atoms with E-state index in [0.29, 0.717) is 17.3 Å². The number of nitrogens with two attached hydrogens (primary N) is 2. The van der Waals surface area contributed by atoms with E-state index in [1.165, 1.54) is 11.1 Å². The van der Waals surface area contributed by atoms with E-state index in [4.69, 9.17) is 15.9 Å². The van der Waals surface area contributed by atoms with Crippen LogP contribution >= 0.6 is 0 Å². The zero-order chi connectivity index (χ0) is 13.7. The highest BCUT2D eigenvalue weighted by Gasteiger charge is 2.27. The number of pyridine rings is 1. The number of fused-ring (bicyclic) bond motifs is 3. The lowest BCUT2D eigenvalue weighted by atomic mass is 9.98. The summed E-state index contributed by atoms with van der Waals surface area (Å²) in [6.07, 6.45) is 3.06. The predicted octanol–water partition coefficient (Wildman–Crippen LogP) is 2.12. The van der Waals surface area contributed by atoms with Gasteiger partial charge in [0, 0.05) is 0 Å². The summed E-state index contributed by atoms with van der Waals surface area (Å²) in [5, 5.41) is 0.783. The number of carbonyl (C=O) groups excluding carboxylic acids is 1. The Morgan fingerprint density at radius 1 is 1.32 bits per heavy atom. The second kappa shape index (κ2) is 3.98. The highest BCUT2D eigenvalue weighted by atomic mass is 16.4. The third kappa shape index (κ3) is 1.61. The number of aromatic nitrogens is 1. The molecule has 2 heterocycles. The number of anilines is 1. The van der Waals surface area contributed by atoms with Crippen LogP contribution < -0.4 is 11.5 Å². The fourth-order valence-corrected chi connectivity index (χ4v) is 2.94. The number of rotatable bonds is 2. The highest BCUT2D eigenvalue weighted by molar-refractivity contribution is 6.05. The lowest BCUT2D eigenvalue weighted by Gasteiger charge is -2.11. The molecule has 0 unspecified atom stereocenters. The summed E-state index contributed by atoms with van der Waals surface area (Å²) in [7, 11) is 0. The van der Waals surface area contributed by atoms with Gasteiger partial charge in [0.15, 0.2) is 0 Å². The molecule has 2 aromatic heterocycles. The molecule has 0 saturated carbocycles. The molecule has 0 saturated heterocycles. The fourth-order valence-electron chi connectivity index (χ4n) is 2.94. The zero-order valence-corrected chi connectivity index (χ0v) is 11.1. The van der Waals surface area contributed by atoms with Crippen molar-refractivity contribution in [2.45, 2.75) is 39.0 Å². The molecular weight excluding hydrogens is 242 g/mol. The largest absolute Gasteiger partial charge is 0.430 e. The molecule has 100 valence electrons. The van der Waals surface area contributed by atoms with E-state index in [-0.39, 0.29) is 5.76 Å². The Labute approximate surface area is 111 Å². The summed E-state index contributed by atoms with van der Waals surface area (Å²) in [5.74, 6) is -0.301. The normalized spacial score (nSPS) is 14.3. The number of nitrogens with zero attached hydrogens (tertiary/aromatic N) is 1. The van der Waals surface area contributed by atoms with E-state index in [1.807, 2.05) is 0 Å². The monoisotopic (exact) mass is 259 g/mol. The summed E-state index contributed by atoms with van der Waals surface area (Å²) in [4.78, 5) is 15.9. The van der Waals surface area contributed by atoms with Gasteiger partial charge >= 0.3 is 0 Å². The first-order valence-electron chi connectivity index (χ1n) is 6.54. The molecule has 1 aliphatic carbocycles. The molecule has 2 aromatic rings. The van der Waals surface area contributed by atoms with Crippen molar-refractivity contribution in [2.75, 3.05) is 5.73 Å². The van der Waals surface area contributed by atoms with E-state index in [1.54, 1.807) is 0 Å². The molecule has 3 rings (SSSR count). The minimum absolute atomic E-state index is 0.0255. The second-order valence-electron chi connectivity index (χ2n) is 5.35. The van der Waals surface area contributed by atoms with Crippen LogP contribution in [0.1, 0.15) is 53.6 Å². The van der Waals surface area contributed by atoms with Crippen LogP contribution in [0, 0.1) is 0 Å². The maximum absolute atomic E-state index is 11.3. The van der Waals surface area contributed by atoms with Crippen LogP contribution in [0.2, 0.25) is 0 Å². The summed E-state index contributed by atoms with van der Waals surface area (Å²) in [6, 6.07) is 0. The molecule has 1 aliphatic rings. The van der Waals surface area contributed by atoms with E-state index in [0.717, 1.165) is 30.3 Å². The van der Waals surface area contributed by atoms with Crippen molar-refractivity contribution < 1.29 is 9.21 Å². The number of carbonyl (C=O) groups is 1. The first-order valence-corrected chi connectivity index (χ1v) is 6.54. The van der Waals surface area contributed by atoms with Gasteiger partial charge in [-0.1, -0.05) is 13.8 Å². The zero-order valence-electron chi connectivity index (χ0n) is 11.1. The lowest BCUT2D eigenvalue weighted by molar-refractivity contribution is 0.0977. The van der Waals surface area contributed by atoms with Crippen LogP contribution in [0.3, 0.4) is 0 Å². The maximum atomic E-state index is 11.3. The van der Waals surface area contributed by atoms with Crippen molar-refractivity contribution in [3.63, 3.8) is 0 Å². The van der Waals surface area contributed by atoms with Gasteiger partial charge in [0.25, 0.3) is 5.91 Å². The Morgan fingerprint density at radius 3 is 2.63 bits per heavy atom. The highest BCUT2D eigenvalue weighted by Crippen LogP contribution is 2.38. The van der Waals surface area contributed by atoms with Gasteiger partial charge in [0.1, 0.15) is 0 Å². The van der Waals surface area contributed by atoms with Crippen LogP contribution in [0.5, 0.6) is 0 Å². The molecule has 5 heteroatoms. The predicted molar refractivity (Wildman–Crippen MR) is 73.1 cm³/mol. The standard InChI is InChI=1S/C14H17N3O2/c1-6(2)11-8-5-3-4-7(8)9-10(15)12(13(16)18)19-14(9)17-11/h6H,3-5,15H2,1-2H3,(H2,16,18). The average Bonchev–Trinajstić information content (AvgIpc) is 2.91. The third-order valence-corrected chi connectivity index (χ3v) is 3.75. The smallest absolute Gasteiger partial charge is 0.286 e. The van der Waals surface area contributed by atoms with Crippen molar-refractivity contribution >= 4 is 22.7 Å². The number of hydrogen-bond donors (Lipinski definition) is 2. The maximum Gasteiger partial charge on any atom is 0.286 e. The Bertz CT molecular complexity index is 686. The van der Waals surface area contributed by atoms with Crippen LogP contribution in [-0.2, 0) is 12.8 Å². The SMILES string of the molecule is CC(C)c1nc2oc(C(N)=O)c(N)c2c2c1CCC2. The van der Waals surface area contributed by atoms with Gasteiger partial charge in [-0.2, -0.15) is 0 Å². The summed E-state index contributed by atoms with van der Waals surface area (Å²) in [5.41, 5.74) is 15.6. The minimum atomic E-state index is -0.645. The number of primary amides is 1. The lowest BCUT2D eigenvalue weighted by Crippen LogP contribution is -2.11. The van der Waals surface area contributed by atoms with Gasteiger partial charge in [0.2, 0.25) is 11.5 Å². The fraction of sp³-hybridized carbons (Fsp3) is 0.429. The van der Waals surface area contributed by atoms with Crippen molar-refractivity contribution in [3.05, 3.63) is 22.6 Å². The molecule has 0 aliphatic heterocycles.